The van der Waals surface area contributed by atoms with Gasteiger partial charge >= 0.3 is 0 Å². The van der Waals surface area contributed by atoms with E-state index in [1.807, 2.05) is 11.3 Å². The molecule has 1 atom stereocenters. The second kappa shape index (κ2) is 13.0. The Morgan fingerprint density at radius 3 is 1.76 bits per heavy atom. The molecule has 0 radical (unpaired) electrons. The summed E-state index contributed by atoms with van der Waals surface area (Å²) in [5.74, 6) is 1.70. The van der Waals surface area contributed by atoms with Gasteiger partial charge in [-0.15, -0.1) is 11.3 Å². The van der Waals surface area contributed by atoms with Crippen LogP contribution in [0.2, 0.25) is 0 Å². The number of aliphatic imine (C=N–C) groups is 2. The van der Waals surface area contributed by atoms with Crippen LogP contribution in [-0.4, -0.2) is 25.9 Å². The molecule has 0 bridgehead atoms. The fourth-order valence-electron chi connectivity index (χ4n) is 7.63. The molecule has 2 heterocycles. The minimum absolute atomic E-state index is 0.332. The van der Waals surface area contributed by atoms with Crippen LogP contribution >= 0.6 is 11.3 Å². The fraction of sp³-hybridized carbons (Fsp3) is 0.0667. The maximum Gasteiger partial charge on any atom is 0.169 e. The second-order valence-electron chi connectivity index (χ2n) is 12.8. The highest BCUT2D eigenvalue weighted by atomic mass is 32.1. The molecule has 3 nitrogen and oxygen atoms in total. The van der Waals surface area contributed by atoms with Crippen molar-refractivity contribution in [2.24, 2.45) is 9.98 Å². The van der Waals surface area contributed by atoms with Crippen molar-refractivity contribution in [3.63, 3.8) is 0 Å². The molecule has 1 unspecified atom stereocenters. The van der Waals surface area contributed by atoms with E-state index in [1.165, 1.54) is 40.9 Å². The first-order valence-electron chi connectivity index (χ1n) is 17.3. The Labute approximate surface area is 297 Å². The Kier molecular flexibility index (Phi) is 7.92. The number of nitrogens with zero attached hydrogens (tertiary/aromatic N) is 2. The van der Waals surface area contributed by atoms with E-state index in [-0.39, 0.29) is 6.17 Å². The van der Waals surface area contributed by atoms with Crippen LogP contribution < -0.4 is 26.1 Å². The number of allylic oxidation sites excluding steroid dienone is 2. The molecular weight excluding hydrogens is 643 g/mol. The lowest BCUT2D eigenvalue weighted by atomic mass is 10.0. The van der Waals surface area contributed by atoms with E-state index in [4.69, 9.17) is 9.98 Å². The molecule has 7 aromatic rings. The molecule has 241 valence electrons. The molecule has 0 amide bonds. The lowest BCUT2D eigenvalue weighted by molar-refractivity contribution is 0.798. The zero-order valence-corrected chi connectivity index (χ0v) is 29.4. The second-order valence-corrected chi connectivity index (χ2v) is 17.7. The highest BCUT2D eigenvalue weighted by Gasteiger charge is 2.31. The van der Waals surface area contributed by atoms with Gasteiger partial charge in [0.2, 0.25) is 0 Å². The number of rotatable bonds is 7. The number of thiophene rings is 1. The monoisotopic (exact) mass is 677 g/mol. The van der Waals surface area contributed by atoms with Crippen LogP contribution in [0.3, 0.4) is 0 Å². The van der Waals surface area contributed by atoms with Crippen molar-refractivity contribution in [3.8, 4) is 0 Å². The molecular formula is C45H35N3SSi-. The minimum Gasteiger partial charge on any atom is -0.324 e. The molecule has 9 rings (SSSR count). The van der Waals surface area contributed by atoms with Crippen molar-refractivity contribution in [3.05, 3.63) is 193 Å². The topological polar surface area (TPSA) is 36.8 Å². The predicted octanol–water partition coefficient (Wildman–Crippen LogP) is 7.83. The number of amidine groups is 2. The summed E-state index contributed by atoms with van der Waals surface area (Å²) < 4.78 is 2.54. The molecule has 0 spiro atoms. The summed E-state index contributed by atoms with van der Waals surface area (Å²) in [6.07, 6.45) is 8.47. The first-order valence-corrected chi connectivity index (χ1v) is 20.1. The molecule has 0 saturated carbocycles. The summed E-state index contributed by atoms with van der Waals surface area (Å²) in [7, 11) is -2.82. The van der Waals surface area contributed by atoms with Gasteiger partial charge in [0.25, 0.3) is 0 Å². The fourth-order valence-corrected chi connectivity index (χ4v) is 13.7. The molecule has 1 N–H and O–H groups in total. The van der Waals surface area contributed by atoms with Crippen LogP contribution in [0.5, 0.6) is 0 Å². The highest BCUT2D eigenvalue weighted by molar-refractivity contribution is 7.26. The highest BCUT2D eigenvalue weighted by Crippen LogP contribution is 2.37. The van der Waals surface area contributed by atoms with Gasteiger partial charge in [-0.05, 0) is 32.6 Å². The van der Waals surface area contributed by atoms with Gasteiger partial charge in [-0.3, -0.25) is 0 Å². The van der Waals surface area contributed by atoms with Crippen LogP contribution in [0.25, 0.3) is 20.2 Å². The first-order chi connectivity index (χ1) is 24.8. The average molecular weight is 678 g/mol. The maximum atomic E-state index is 5.45. The van der Waals surface area contributed by atoms with E-state index in [1.54, 1.807) is 0 Å². The van der Waals surface area contributed by atoms with E-state index >= 15 is 0 Å². The van der Waals surface area contributed by atoms with E-state index in [0.29, 0.717) is 0 Å². The average Bonchev–Trinajstić information content (AvgIpc) is 3.58. The molecule has 50 heavy (non-hydrogen) atoms. The van der Waals surface area contributed by atoms with Crippen molar-refractivity contribution in [1.82, 2.24) is 5.32 Å². The third-order valence-electron chi connectivity index (χ3n) is 9.90. The molecule has 0 fully saturated rings. The molecule has 1 aromatic heterocycles. The van der Waals surface area contributed by atoms with Gasteiger partial charge < -0.3 is 5.32 Å². The van der Waals surface area contributed by atoms with Crippen LogP contribution in [-0.2, 0) is 0 Å². The normalized spacial score (nSPS) is 16.1. The van der Waals surface area contributed by atoms with Gasteiger partial charge in [0, 0.05) is 31.3 Å². The molecule has 2 aliphatic rings. The number of nitrogens with one attached hydrogen (secondary N) is 1. The molecule has 1 aliphatic carbocycles. The smallest absolute Gasteiger partial charge is 0.169 e. The summed E-state index contributed by atoms with van der Waals surface area (Å²) in [5.41, 5.74) is 3.31. The molecule has 5 heteroatoms. The van der Waals surface area contributed by atoms with E-state index in [2.05, 4.69) is 181 Å². The van der Waals surface area contributed by atoms with Gasteiger partial charge in [0.15, 0.2) is 6.17 Å². The Morgan fingerprint density at radius 1 is 0.560 bits per heavy atom. The Hall–Kier alpha value is -5.62. The van der Waals surface area contributed by atoms with Crippen molar-refractivity contribution < 1.29 is 0 Å². The van der Waals surface area contributed by atoms with Gasteiger partial charge in [-0.2, -0.15) is 20.7 Å². The predicted molar refractivity (Wildman–Crippen MR) is 216 cm³/mol. The maximum absolute atomic E-state index is 5.45. The summed E-state index contributed by atoms with van der Waals surface area (Å²) >= 11 is 1.87. The standard InChI is InChI=1S/C45H35N3SSi/c1-6-18-32(19-7-1)43-46-44(33-20-8-2-9-21-33)48-45(47-43)39-30-37(31-41-42(39)38-28-16-17-29-40(38)49-41)50(34-22-10-3-11-23-34,35-24-12-4-13-25-35)36-26-14-5-15-27-36/h1,3-8,10-31,44H,2,9H2,(H,46,47,48)/q-1. The lowest BCUT2D eigenvalue weighted by Gasteiger charge is -2.47. The summed E-state index contributed by atoms with van der Waals surface area (Å²) in [5, 5.41) is 11.6. The van der Waals surface area contributed by atoms with Crippen molar-refractivity contribution in [1.29, 1.82) is 0 Å². The van der Waals surface area contributed by atoms with Crippen molar-refractivity contribution in [2.75, 3.05) is 0 Å². The number of benzene rings is 6. The minimum atomic E-state index is -2.82. The van der Waals surface area contributed by atoms with E-state index in [0.717, 1.165) is 41.2 Å². The van der Waals surface area contributed by atoms with E-state index in [9.17, 15) is 0 Å². The van der Waals surface area contributed by atoms with Gasteiger partial charge in [0.05, 0.1) is 0 Å². The Bertz CT molecular complexity index is 2350. The Morgan fingerprint density at radius 2 is 1.14 bits per heavy atom. The number of hydrogen-bond acceptors (Lipinski definition) is 4. The van der Waals surface area contributed by atoms with Crippen LogP contribution in [0.4, 0.5) is 0 Å². The SMILES string of the molecule is C1=CC(C2N=C(c3ccccc3)NC(c3cc([Si-](c4ccccc4)(c4ccccc4)c4ccccc4)cc4sc5ccccc5c34)=N2)=CCC1. The molecule has 0 saturated heterocycles. The third kappa shape index (κ3) is 5.27. The quantitative estimate of drug-likeness (QED) is 0.136. The van der Waals surface area contributed by atoms with Crippen molar-refractivity contribution in [2.45, 2.75) is 19.0 Å². The first kappa shape index (κ1) is 30.4. The largest absolute Gasteiger partial charge is 0.324 e. The zero-order chi connectivity index (χ0) is 33.3. The van der Waals surface area contributed by atoms with Gasteiger partial charge in [-0.1, -0.05) is 170 Å². The van der Waals surface area contributed by atoms with Crippen molar-refractivity contribution >= 4 is 72.0 Å². The molecule has 6 aromatic carbocycles. The molecule has 1 aliphatic heterocycles. The number of fused-ring (bicyclic) bond motifs is 3. The van der Waals surface area contributed by atoms with Crippen LogP contribution in [0.1, 0.15) is 24.0 Å². The van der Waals surface area contributed by atoms with Gasteiger partial charge in [0.1, 0.15) is 11.7 Å². The van der Waals surface area contributed by atoms with E-state index < -0.39 is 8.07 Å². The lowest BCUT2D eigenvalue weighted by Crippen LogP contribution is -2.74. The van der Waals surface area contributed by atoms with Crippen LogP contribution in [0.15, 0.2) is 192 Å². The summed E-state index contributed by atoms with van der Waals surface area (Å²) in [4.78, 5) is 10.7. The summed E-state index contributed by atoms with van der Waals surface area (Å²) in [6, 6.07) is 57.7. The van der Waals surface area contributed by atoms with Gasteiger partial charge in [-0.25, -0.2) is 9.98 Å². The van der Waals surface area contributed by atoms with Crippen LogP contribution in [0, 0.1) is 0 Å². The number of hydrogen-bond donors (Lipinski definition) is 1. The Balaban J connectivity index is 1.37. The third-order valence-corrected chi connectivity index (χ3v) is 15.8. The zero-order valence-electron chi connectivity index (χ0n) is 27.5. The summed E-state index contributed by atoms with van der Waals surface area (Å²) in [6.45, 7) is 0.